The van der Waals surface area contributed by atoms with E-state index in [-0.39, 0.29) is 41.3 Å². The predicted molar refractivity (Wildman–Crippen MR) is 114 cm³/mol. The molecule has 34 heavy (non-hydrogen) atoms. The van der Waals surface area contributed by atoms with Crippen LogP contribution in [0.3, 0.4) is 0 Å². The summed E-state index contributed by atoms with van der Waals surface area (Å²) in [5, 5.41) is 12.8. The summed E-state index contributed by atoms with van der Waals surface area (Å²) in [6, 6.07) is 3.84. The molecule has 3 heterocycles. The van der Waals surface area contributed by atoms with Gasteiger partial charge >= 0.3 is 6.09 Å². The molecule has 3 aromatic rings. The van der Waals surface area contributed by atoms with E-state index >= 15 is 0 Å². The molecule has 2 N–H and O–H groups in total. The van der Waals surface area contributed by atoms with Gasteiger partial charge < -0.3 is 10.1 Å². The zero-order chi connectivity index (χ0) is 24.8. The molecule has 13 heteroatoms. The van der Waals surface area contributed by atoms with Gasteiger partial charge in [-0.25, -0.2) is 23.2 Å². The maximum atomic E-state index is 13.8. The lowest BCUT2D eigenvalue weighted by molar-refractivity contribution is 0.0953. The number of hydrogen-bond acceptors (Lipinski definition) is 7. The van der Waals surface area contributed by atoms with E-state index in [1.807, 2.05) is 0 Å². The summed E-state index contributed by atoms with van der Waals surface area (Å²) in [5.74, 6) is -2.62. The van der Waals surface area contributed by atoms with E-state index in [1.54, 1.807) is 0 Å². The highest BCUT2D eigenvalue weighted by atomic mass is 19.1. The van der Waals surface area contributed by atoms with Crippen LogP contribution in [0, 0.1) is 11.8 Å². The Morgan fingerprint density at radius 1 is 1.24 bits per heavy atom. The molecule has 0 aromatic carbocycles. The quantitative estimate of drug-likeness (QED) is 0.478. The fraction of sp³-hybridized carbons (Fsp3) is 0.238. The van der Waals surface area contributed by atoms with Crippen molar-refractivity contribution in [1.29, 1.82) is 0 Å². The van der Waals surface area contributed by atoms with E-state index in [0.29, 0.717) is 6.20 Å². The lowest BCUT2D eigenvalue weighted by Gasteiger charge is -2.15. The number of nitrogens with zero attached hydrogens (tertiary/aromatic N) is 5. The molecule has 2 amide bonds. The Bertz CT molecular complexity index is 1210. The number of ether oxygens (including phenoxy) is 1. The Kier molecular flexibility index (Phi) is 7.56. The summed E-state index contributed by atoms with van der Waals surface area (Å²) in [6.45, 7) is 4.57. The minimum atomic E-state index is -1.14. The number of carbonyl (C=O) groups is 2. The fourth-order valence-electron chi connectivity index (χ4n) is 2.83. The maximum absolute atomic E-state index is 13.8. The van der Waals surface area contributed by atoms with Gasteiger partial charge in [0.2, 0.25) is 5.95 Å². The minimum absolute atomic E-state index is 0.00295. The van der Waals surface area contributed by atoms with Crippen LogP contribution >= 0.6 is 0 Å². The van der Waals surface area contributed by atoms with E-state index in [1.165, 1.54) is 37.0 Å². The average Bonchev–Trinajstić information content (AvgIpc) is 3.15. The summed E-state index contributed by atoms with van der Waals surface area (Å²) in [6.07, 6.45) is -0.120. The Morgan fingerprint density at radius 3 is 2.68 bits per heavy atom. The van der Waals surface area contributed by atoms with Gasteiger partial charge in [-0.2, -0.15) is 4.39 Å². The van der Waals surface area contributed by atoms with Crippen molar-refractivity contribution < 1.29 is 27.5 Å². The molecule has 0 aliphatic rings. The van der Waals surface area contributed by atoms with Gasteiger partial charge in [-0.15, -0.1) is 5.10 Å². The van der Waals surface area contributed by atoms with Crippen LogP contribution in [0.25, 0.3) is 11.4 Å². The standard InChI is InChI=1S/C21H20F3N7O3/c1-11(22)6-7-25-20(32)13-4-5-16(26-9-13)17-19(31(3)30-29-17)28-21(33)34-12(2)15-8-14(23)10-27-18(15)24/h4-5,8-10,12H,1,6-7H2,2-3H3,(H,25,32)(H,28,33)/t12-/m1/s1. The molecule has 3 aromatic heterocycles. The second-order valence-corrected chi connectivity index (χ2v) is 7.07. The first kappa shape index (κ1) is 24.4. The molecule has 3 rings (SSSR count). The molecular formula is C21H20F3N7O3. The fourth-order valence-corrected chi connectivity index (χ4v) is 2.83. The van der Waals surface area contributed by atoms with Crippen LogP contribution < -0.4 is 10.6 Å². The summed E-state index contributed by atoms with van der Waals surface area (Å²) in [5.41, 5.74) is 0.451. The Morgan fingerprint density at radius 2 is 2.00 bits per heavy atom. The molecule has 0 saturated carbocycles. The Hall–Kier alpha value is -4.29. The zero-order valence-corrected chi connectivity index (χ0v) is 18.2. The van der Waals surface area contributed by atoms with E-state index < -0.39 is 35.7 Å². The Balaban J connectivity index is 1.70. The second-order valence-electron chi connectivity index (χ2n) is 7.07. The highest BCUT2D eigenvalue weighted by Gasteiger charge is 2.21. The van der Waals surface area contributed by atoms with Crippen LogP contribution in [0.5, 0.6) is 0 Å². The minimum Gasteiger partial charge on any atom is -0.441 e. The molecule has 0 aliphatic carbocycles. The van der Waals surface area contributed by atoms with Crippen molar-refractivity contribution in [1.82, 2.24) is 30.3 Å². The number of pyridine rings is 2. The first-order chi connectivity index (χ1) is 16.2. The molecule has 0 radical (unpaired) electrons. The third-order valence-electron chi connectivity index (χ3n) is 4.55. The van der Waals surface area contributed by atoms with E-state index in [2.05, 4.69) is 37.5 Å². The molecule has 0 saturated heterocycles. The van der Waals surface area contributed by atoms with Gasteiger partial charge in [0.25, 0.3) is 5.91 Å². The lowest BCUT2D eigenvalue weighted by atomic mass is 10.2. The van der Waals surface area contributed by atoms with Gasteiger partial charge in [0.15, 0.2) is 11.5 Å². The van der Waals surface area contributed by atoms with Gasteiger partial charge in [0, 0.05) is 26.2 Å². The number of aryl methyl sites for hydroxylation is 1. The van der Waals surface area contributed by atoms with Gasteiger partial charge in [-0.05, 0) is 25.1 Å². The molecule has 0 bridgehead atoms. The van der Waals surface area contributed by atoms with Crippen LogP contribution in [-0.2, 0) is 11.8 Å². The summed E-state index contributed by atoms with van der Waals surface area (Å²) in [4.78, 5) is 31.9. The molecule has 1 atom stereocenters. The monoisotopic (exact) mass is 475 g/mol. The number of nitrogens with one attached hydrogen (secondary N) is 2. The predicted octanol–water partition coefficient (Wildman–Crippen LogP) is 3.46. The van der Waals surface area contributed by atoms with Crippen molar-refractivity contribution in [3.63, 3.8) is 0 Å². The van der Waals surface area contributed by atoms with Crippen LogP contribution in [0.4, 0.5) is 23.8 Å². The van der Waals surface area contributed by atoms with E-state index in [0.717, 1.165) is 6.07 Å². The number of carbonyl (C=O) groups excluding carboxylic acids is 2. The Labute approximate surface area is 191 Å². The number of amides is 2. The SMILES string of the molecule is C=C(F)CCNC(=O)c1ccc(-c2nnn(C)c2NC(=O)O[C@H](C)c2cc(F)cnc2F)nc1. The lowest BCUT2D eigenvalue weighted by Crippen LogP contribution is -2.24. The summed E-state index contributed by atoms with van der Waals surface area (Å²) >= 11 is 0. The number of aromatic nitrogens is 5. The van der Waals surface area contributed by atoms with Crippen molar-refractivity contribution in [3.8, 4) is 11.4 Å². The molecule has 0 fully saturated rings. The first-order valence-electron chi connectivity index (χ1n) is 9.92. The van der Waals surface area contributed by atoms with Crippen LogP contribution in [0.1, 0.15) is 35.4 Å². The van der Waals surface area contributed by atoms with Crippen molar-refractivity contribution in [2.75, 3.05) is 11.9 Å². The largest absolute Gasteiger partial charge is 0.441 e. The van der Waals surface area contributed by atoms with Gasteiger partial charge in [0.05, 0.1) is 28.8 Å². The number of hydrogen-bond donors (Lipinski definition) is 2. The number of halogens is 3. The van der Waals surface area contributed by atoms with Crippen molar-refractivity contribution >= 4 is 17.8 Å². The molecule has 0 unspecified atom stereocenters. The normalized spacial score (nSPS) is 11.6. The molecular weight excluding hydrogens is 455 g/mol. The molecule has 178 valence electrons. The van der Waals surface area contributed by atoms with E-state index in [4.69, 9.17) is 4.74 Å². The maximum Gasteiger partial charge on any atom is 0.413 e. The second kappa shape index (κ2) is 10.6. The van der Waals surface area contributed by atoms with Crippen LogP contribution in [-0.4, -0.2) is 43.5 Å². The topological polar surface area (TPSA) is 124 Å². The van der Waals surface area contributed by atoms with Crippen LogP contribution in [0.15, 0.2) is 43.0 Å². The number of anilines is 1. The molecule has 10 nitrogen and oxygen atoms in total. The van der Waals surface area contributed by atoms with Crippen molar-refractivity contribution in [2.24, 2.45) is 7.05 Å². The molecule has 0 aliphatic heterocycles. The highest BCUT2D eigenvalue weighted by Crippen LogP contribution is 2.25. The van der Waals surface area contributed by atoms with Gasteiger partial charge in [-0.1, -0.05) is 11.8 Å². The summed E-state index contributed by atoms with van der Waals surface area (Å²) < 4.78 is 46.2. The third kappa shape index (κ3) is 5.94. The molecule has 0 spiro atoms. The van der Waals surface area contributed by atoms with Crippen molar-refractivity contribution in [2.45, 2.75) is 19.4 Å². The zero-order valence-electron chi connectivity index (χ0n) is 18.2. The van der Waals surface area contributed by atoms with Crippen molar-refractivity contribution in [3.05, 3.63) is 65.9 Å². The highest BCUT2D eigenvalue weighted by molar-refractivity contribution is 5.94. The first-order valence-corrected chi connectivity index (χ1v) is 9.92. The summed E-state index contributed by atoms with van der Waals surface area (Å²) in [7, 11) is 1.51. The van der Waals surface area contributed by atoms with Gasteiger partial charge in [0.1, 0.15) is 11.9 Å². The number of rotatable bonds is 8. The smallest absolute Gasteiger partial charge is 0.413 e. The van der Waals surface area contributed by atoms with Crippen LogP contribution in [0.2, 0.25) is 0 Å². The van der Waals surface area contributed by atoms with E-state index in [9.17, 15) is 22.8 Å². The third-order valence-corrected chi connectivity index (χ3v) is 4.55. The van der Waals surface area contributed by atoms with Gasteiger partial charge in [-0.3, -0.25) is 15.1 Å². The average molecular weight is 475 g/mol.